The highest BCUT2D eigenvalue weighted by Crippen LogP contribution is 2.38. The van der Waals surface area contributed by atoms with Gasteiger partial charge >= 0.3 is 0 Å². The molecule has 3 rings (SSSR count). The highest BCUT2D eigenvalue weighted by Gasteiger charge is 2.14. The van der Waals surface area contributed by atoms with Gasteiger partial charge in [0.05, 0.1) is 16.1 Å². The third-order valence-corrected chi connectivity index (χ3v) is 5.10. The second-order valence-corrected chi connectivity index (χ2v) is 7.58. The molecule has 0 amide bonds. The van der Waals surface area contributed by atoms with Gasteiger partial charge in [0.15, 0.2) is 11.5 Å². The Morgan fingerprint density at radius 2 is 1.79 bits per heavy atom. The summed E-state index contributed by atoms with van der Waals surface area (Å²) in [6, 6.07) is 12.2. The number of rotatable bonds is 9. The lowest BCUT2D eigenvalue weighted by atomic mass is 10.2. The Kier molecular flexibility index (Phi) is 7.86. The first-order valence-corrected chi connectivity index (χ1v) is 10.4. The van der Waals surface area contributed by atoms with Gasteiger partial charge in [-0.2, -0.15) is 0 Å². The monoisotopic (exact) mass is 478 g/mol. The van der Waals surface area contributed by atoms with E-state index in [0.717, 1.165) is 16.6 Å². The Labute approximate surface area is 183 Å². The Balaban J connectivity index is 1.70. The van der Waals surface area contributed by atoms with Gasteiger partial charge in [-0.05, 0) is 70.4 Å². The lowest BCUT2D eigenvalue weighted by Gasteiger charge is -2.16. The van der Waals surface area contributed by atoms with Gasteiger partial charge in [-0.25, -0.2) is 4.39 Å². The van der Waals surface area contributed by atoms with Gasteiger partial charge in [0, 0.05) is 31.0 Å². The van der Waals surface area contributed by atoms with Crippen LogP contribution in [-0.2, 0) is 19.7 Å². The molecule has 7 heteroatoms. The minimum atomic E-state index is -0.376. The summed E-state index contributed by atoms with van der Waals surface area (Å²) < 4.78 is 25.7. The topological polar surface area (TPSA) is 43.4 Å². The van der Waals surface area contributed by atoms with Crippen LogP contribution in [0.1, 0.15) is 23.6 Å². The van der Waals surface area contributed by atoms with Crippen molar-refractivity contribution in [1.82, 2.24) is 10.3 Å². The molecule has 0 bridgehead atoms. The fourth-order valence-corrected chi connectivity index (χ4v) is 3.59. The van der Waals surface area contributed by atoms with Crippen molar-refractivity contribution in [2.45, 2.75) is 26.6 Å². The normalized spacial score (nSPS) is 10.8. The zero-order valence-corrected chi connectivity index (χ0v) is 18.3. The van der Waals surface area contributed by atoms with E-state index in [-0.39, 0.29) is 12.4 Å². The second kappa shape index (κ2) is 10.6. The van der Waals surface area contributed by atoms with Crippen LogP contribution in [0.3, 0.4) is 0 Å². The number of hydrogen-bond donors (Lipinski definition) is 1. The molecule has 0 saturated heterocycles. The Morgan fingerprint density at radius 3 is 2.52 bits per heavy atom. The number of nitrogens with zero attached hydrogens (tertiary/aromatic N) is 1. The second-order valence-electron chi connectivity index (χ2n) is 6.32. The van der Waals surface area contributed by atoms with E-state index in [0.29, 0.717) is 35.2 Å². The van der Waals surface area contributed by atoms with Crippen molar-refractivity contribution in [3.05, 3.63) is 86.9 Å². The van der Waals surface area contributed by atoms with E-state index < -0.39 is 0 Å². The van der Waals surface area contributed by atoms with Crippen LogP contribution in [0.15, 0.2) is 59.3 Å². The number of aromatic nitrogens is 1. The van der Waals surface area contributed by atoms with Gasteiger partial charge in [-0.3, -0.25) is 4.98 Å². The van der Waals surface area contributed by atoms with E-state index in [2.05, 4.69) is 26.2 Å². The number of pyridine rings is 1. The van der Waals surface area contributed by atoms with Crippen LogP contribution in [0.2, 0.25) is 5.02 Å². The van der Waals surface area contributed by atoms with E-state index in [1.165, 1.54) is 17.7 Å². The van der Waals surface area contributed by atoms with Crippen LogP contribution in [0.5, 0.6) is 11.5 Å². The summed E-state index contributed by atoms with van der Waals surface area (Å²) in [4.78, 5) is 4.02. The fraction of sp³-hybridized carbons (Fsp3) is 0.227. The fourth-order valence-electron chi connectivity index (χ4n) is 2.77. The average Bonchev–Trinajstić information content (AvgIpc) is 2.70. The van der Waals surface area contributed by atoms with Gasteiger partial charge in [-0.15, -0.1) is 0 Å². The SMILES string of the molecule is CCOc1cc(CNCc2ccncc2)cc(Br)c1OCc1ccc(F)cc1Cl. The third kappa shape index (κ3) is 6.16. The summed E-state index contributed by atoms with van der Waals surface area (Å²) in [6.45, 7) is 4.05. The molecule has 0 unspecified atom stereocenters. The van der Waals surface area contributed by atoms with Crippen molar-refractivity contribution in [2.24, 2.45) is 0 Å². The quantitative estimate of drug-likeness (QED) is 0.415. The Hall–Kier alpha value is -2.15. The first kappa shape index (κ1) is 21.6. The van der Waals surface area contributed by atoms with Crippen molar-refractivity contribution in [1.29, 1.82) is 0 Å². The Morgan fingerprint density at radius 1 is 1.03 bits per heavy atom. The number of benzene rings is 2. The largest absolute Gasteiger partial charge is 0.490 e. The van der Waals surface area contributed by atoms with Crippen molar-refractivity contribution < 1.29 is 13.9 Å². The van der Waals surface area contributed by atoms with Gasteiger partial charge in [0.2, 0.25) is 0 Å². The summed E-state index contributed by atoms with van der Waals surface area (Å²) in [5.41, 5.74) is 2.92. The maximum Gasteiger partial charge on any atom is 0.175 e. The van der Waals surface area contributed by atoms with Crippen molar-refractivity contribution in [2.75, 3.05) is 6.61 Å². The predicted octanol–water partition coefficient (Wildman–Crippen LogP) is 5.90. The number of hydrogen-bond acceptors (Lipinski definition) is 4. The highest BCUT2D eigenvalue weighted by atomic mass is 79.9. The Bertz CT molecular complexity index is 957. The molecule has 0 radical (unpaired) electrons. The van der Waals surface area contributed by atoms with E-state index >= 15 is 0 Å². The van der Waals surface area contributed by atoms with Gasteiger partial charge in [0.25, 0.3) is 0 Å². The summed E-state index contributed by atoms with van der Waals surface area (Å²) in [7, 11) is 0. The zero-order valence-electron chi connectivity index (χ0n) is 15.9. The number of halogens is 3. The minimum absolute atomic E-state index is 0.206. The van der Waals surface area contributed by atoms with Crippen LogP contribution >= 0.6 is 27.5 Å². The molecule has 0 spiro atoms. The van der Waals surface area contributed by atoms with Crippen LogP contribution in [0, 0.1) is 5.82 Å². The molecule has 0 aliphatic carbocycles. The van der Waals surface area contributed by atoms with E-state index in [4.69, 9.17) is 21.1 Å². The van der Waals surface area contributed by atoms with Crippen LogP contribution < -0.4 is 14.8 Å². The maximum absolute atomic E-state index is 13.2. The first-order chi connectivity index (χ1) is 14.1. The average molecular weight is 480 g/mol. The van der Waals surface area contributed by atoms with Crippen molar-refractivity contribution in [3.8, 4) is 11.5 Å². The molecule has 4 nitrogen and oxygen atoms in total. The van der Waals surface area contributed by atoms with Gasteiger partial charge < -0.3 is 14.8 Å². The van der Waals surface area contributed by atoms with E-state index in [9.17, 15) is 4.39 Å². The van der Waals surface area contributed by atoms with E-state index in [1.54, 1.807) is 18.5 Å². The standard InChI is InChI=1S/C22H21BrClFN2O2/c1-2-28-21-10-16(13-27-12-15-5-7-26-8-6-15)9-19(23)22(21)29-14-17-3-4-18(25)11-20(17)24/h3-11,27H,2,12-14H2,1H3. The summed E-state index contributed by atoms with van der Waals surface area (Å²) in [5.74, 6) is 0.851. The summed E-state index contributed by atoms with van der Waals surface area (Å²) in [6.07, 6.45) is 3.56. The lowest BCUT2D eigenvalue weighted by molar-refractivity contribution is 0.267. The van der Waals surface area contributed by atoms with Crippen LogP contribution in [0.25, 0.3) is 0 Å². The van der Waals surface area contributed by atoms with Crippen molar-refractivity contribution >= 4 is 27.5 Å². The molecule has 3 aromatic rings. The molecular weight excluding hydrogens is 459 g/mol. The van der Waals surface area contributed by atoms with E-state index in [1.807, 2.05) is 31.2 Å². The van der Waals surface area contributed by atoms with Gasteiger partial charge in [-0.1, -0.05) is 17.7 Å². The summed E-state index contributed by atoms with van der Waals surface area (Å²) in [5, 5.41) is 3.74. The molecule has 0 atom stereocenters. The molecule has 1 heterocycles. The molecule has 1 aromatic heterocycles. The molecule has 152 valence electrons. The molecule has 29 heavy (non-hydrogen) atoms. The van der Waals surface area contributed by atoms with Crippen molar-refractivity contribution in [3.63, 3.8) is 0 Å². The molecule has 0 saturated carbocycles. The molecule has 0 aliphatic heterocycles. The maximum atomic E-state index is 13.2. The molecule has 1 N–H and O–H groups in total. The number of ether oxygens (including phenoxy) is 2. The van der Waals surface area contributed by atoms with Crippen LogP contribution in [0.4, 0.5) is 4.39 Å². The molecule has 2 aromatic carbocycles. The lowest BCUT2D eigenvalue weighted by Crippen LogP contribution is -2.13. The third-order valence-electron chi connectivity index (χ3n) is 4.16. The highest BCUT2D eigenvalue weighted by molar-refractivity contribution is 9.10. The summed E-state index contributed by atoms with van der Waals surface area (Å²) >= 11 is 9.67. The van der Waals surface area contributed by atoms with Gasteiger partial charge in [0.1, 0.15) is 12.4 Å². The first-order valence-electron chi connectivity index (χ1n) is 9.18. The molecule has 0 fully saturated rings. The van der Waals surface area contributed by atoms with Crippen LogP contribution in [-0.4, -0.2) is 11.6 Å². The molecule has 0 aliphatic rings. The minimum Gasteiger partial charge on any atom is -0.490 e. The predicted molar refractivity (Wildman–Crippen MR) is 116 cm³/mol. The number of nitrogens with one attached hydrogen (secondary N) is 1. The smallest absolute Gasteiger partial charge is 0.175 e. The molecular formula is C22H21BrClFN2O2. The zero-order chi connectivity index (χ0) is 20.6.